The number of esters is 1. The molecule has 0 spiro atoms. The van der Waals surface area contributed by atoms with Crippen molar-refractivity contribution in [2.45, 2.75) is 0 Å². The normalized spacial score (nSPS) is 10.1. The molecule has 74 valence electrons. The van der Waals surface area contributed by atoms with E-state index in [1.54, 1.807) is 24.3 Å². The quantitative estimate of drug-likeness (QED) is 0.340. The summed E-state index contributed by atoms with van der Waals surface area (Å²) in [5.41, 5.74) is 6.11. The number of carbonyl (C=O) groups is 1. The number of rotatable bonds is 3. The summed E-state index contributed by atoms with van der Waals surface area (Å²) in [7, 11) is 1.30. The van der Waals surface area contributed by atoms with Gasteiger partial charge in [0.15, 0.2) is 0 Å². The van der Waals surface area contributed by atoms with Gasteiger partial charge in [-0.05, 0) is 12.1 Å². The Morgan fingerprint density at radius 1 is 1.43 bits per heavy atom. The van der Waals surface area contributed by atoms with Crippen LogP contribution in [0, 0.1) is 0 Å². The van der Waals surface area contributed by atoms with E-state index in [2.05, 4.69) is 4.74 Å². The Morgan fingerprint density at radius 2 is 2.14 bits per heavy atom. The molecule has 1 aromatic carbocycles. The van der Waals surface area contributed by atoms with Gasteiger partial charge in [0.2, 0.25) is 0 Å². The molecule has 0 aliphatic rings. The highest BCUT2D eigenvalue weighted by Crippen LogP contribution is 2.19. The van der Waals surface area contributed by atoms with Gasteiger partial charge in [-0.2, -0.15) is 0 Å². The smallest absolute Gasteiger partial charge is 0.333 e. The van der Waals surface area contributed by atoms with Crippen molar-refractivity contribution in [3.8, 4) is 5.75 Å². The van der Waals surface area contributed by atoms with Gasteiger partial charge in [0.25, 0.3) is 0 Å². The summed E-state index contributed by atoms with van der Waals surface area (Å²) in [6, 6.07) is 7.00. The van der Waals surface area contributed by atoms with Crippen LogP contribution >= 0.6 is 0 Å². The SMILES string of the molecule is COC(=O)C=COc1ccccc1N. The molecule has 0 amide bonds. The van der Waals surface area contributed by atoms with Crippen LogP contribution in [-0.2, 0) is 9.53 Å². The predicted octanol–water partition coefficient (Wildman–Crippen LogP) is 1.33. The van der Waals surface area contributed by atoms with E-state index in [1.807, 2.05) is 0 Å². The summed E-state index contributed by atoms with van der Waals surface area (Å²) in [6.45, 7) is 0. The number of para-hydroxylation sites is 2. The number of methoxy groups -OCH3 is 1. The van der Waals surface area contributed by atoms with Gasteiger partial charge in [-0.25, -0.2) is 4.79 Å². The van der Waals surface area contributed by atoms with E-state index in [-0.39, 0.29) is 0 Å². The molecule has 0 unspecified atom stereocenters. The third-order valence-electron chi connectivity index (χ3n) is 1.52. The molecule has 0 bridgehead atoms. The number of benzene rings is 1. The second-order valence-electron chi connectivity index (χ2n) is 2.48. The molecule has 0 fully saturated rings. The highest BCUT2D eigenvalue weighted by molar-refractivity contribution is 5.81. The summed E-state index contributed by atoms with van der Waals surface area (Å²) in [5.74, 6) is 0.0344. The molecular weight excluding hydrogens is 182 g/mol. The molecule has 4 heteroatoms. The van der Waals surface area contributed by atoms with Gasteiger partial charge >= 0.3 is 5.97 Å². The first-order chi connectivity index (χ1) is 6.74. The van der Waals surface area contributed by atoms with Gasteiger partial charge in [-0.3, -0.25) is 0 Å². The van der Waals surface area contributed by atoms with Crippen molar-refractivity contribution >= 4 is 11.7 Å². The van der Waals surface area contributed by atoms with Gasteiger partial charge in [0.1, 0.15) is 5.75 Å². The lowest BCUT2D eigenvalue weighted by Gasteiger charge is -2.02. The number of ether oxygens (including phenoxy) is 2. The highest BCUT2D eigenvalue weighted by Gasteiger charge is 1.96. The third-order valence-corrected chi connectivity index (χ3v) is 1.52. The van der Waals surface area contributed by atoms with Gasteiger partial charge in [-0.1, -0.05) is 12.1 Å². The minimum absolute atomic E-state index is 0.473. The maximum Gasteiger partial charge on any atom is 0.333 e. The number of hydrogen-bond acceptors (Lipinski definition) is 4. The Balaban J connectivity index is 2.58. The molecule has 1 aromatic rings. The van der Waals surface area contributed by atoms with Crippen LogP contribution in [-0.4, -0.2) is 13.1 Å². The van der Waals surface area contributed by atoms with Crippen LogP contribution in [0.1, 0.15) is 0 Å². The molecule has 0 radical (unpaired) electrons. The standard InChI is InChI=1S/C10H11NO3/c1-13-10(12)6-7-14-9-5-3-2-4-8(9)11/h2-7H,11H2,1H3. The van der Waals surface area contributed by atoms with Gasteiger partial charge in [-0.15, -0.1) is 0 Å². The van der Waals surface area contributed by atoms with E-state index in [4.69, 9.17) is 10.5 Å². The fourth-order valence-corrected chi connectivity index (χ4v) is 0.819. The Kier molecular flexibility index (Phi) is 3.55. The van der Waals surface area contributed by atoms with Crippen molar-refractivity contribution in [2.75, 3.05) is 12.8 Å². The second kappa shape index (κ2) is 4.91. The zero-order valence-corrected chi connectivity index (χ0v) is 7.77. The Labute approximate surface area is 81.9 Å². The first-order valence-corrected chi connectivity index (χ1v) is 3.99. The molecule has 0 aliphatic heterocycles. The topological polar surface area (TPSA) is 61.5 Å². The summed E-state index contributed by atoms with van der Waals surface area (Å²) in [4.78, 5) is 10.7. The lowest BCUT2D eigenvalue weighted by Crippen LogP contribution is -1.96. The van der Waals surface area contributed by atoms with Crippen molar-refractivity contribution in [2.24, 2.45) is 0 Å². The molecule has 0 saturated heterocycles. The average Bonchev–Trinajstić information content (AvgIpc) is 2.20. The zero-order valence-electron chi connectivity index (χ0n) is 7.77. The monoisotopic (exact) mass is 193 g/mol. The molecule has 0 aromatic heterocycles. The van der Waals surface area contributed by atoms with Crippen molar-refractivity contribution < 1.29 is 14.3 Å². The maximum absolute atomic E-state index is 10.7. The van der Waals surface area contributed by atoms with Crippen molar-refractivity contribution in [1.82, 2.24) is 0 Å². The number of nitrogen functional groups attached to an aromatic ring is 1. The van der Waals surface area contributed by atoms with E-state index in [0.29, 0.717) is 11.4 Å². The van der Waals surface area contributed by atoms with E-state index in [0.717, 1.165) is 0 Å². The molecule has 14 heavy (non-hydrogen) atoms. The van der Waals surface area contributed by atoms with Crippen molar-refractivity contribution in [1.29, 1.82) is 0 Å². The zero-order chi connectivity index (χ0) is 10.4. The lowest BCUT2D eigenvalue weighted by molar-refractivity contribution is -0.134. The number of anilines is 1. The van der Waals surface area contributed by atoms with Crippen LogP contribution in [0.4, 0.5) is 5.69 Å². The molecule has 0 saturated carbocycles. The average molecular weight is 193 g/mol. The van der Waals surface area contributed by atoms with Gasteiger partial charge in [0, 0.05) is 0 Å². The van der Waals surface area contributed by atoms with E-state index >= 15 is 0 Å². The van der Waals surface area contributed by atoms with Gasteiger partial charge < -0.3 is 15.2 Å². The number of hydrogen-bond donors (Lipinski definition) is 1. The number of nitrogens with two attached hydrogens (primary N) is 1. The van der Waals surface area contributed by atoms with E-state index in [9.17, 15) is 4.79 Å². The molecule has 0 heterocycles. The van der Waals surface area contributed by atoms with Gasteiger partial charge in [0.05, 0.1) is 25.1 Å². The second-order valence-corrected chi connectivity index (χ2v) is 2.48. The molecule has 4 nitrogen and oxygen atoms in total. The predicted molar refractivity (Wildman–Crippen MR) is 52.6 cm³/mol. The maximum atomic E-state index is 10.7. The van der Waals surface area contributed by atoms with Crippen LogP contribution in [0.3, 0.4) is 0 Å². The molecule has 0 atom stereocenters. The van der Waals surface area contributed by atoms with Crippen LogP contribution in [0.15, 0.2) is 36.6 Å². The minimum Gasteiger partial charge on any atom is -0.466 e. The minimum atomic E-state index is -0.473. The Hall–Kier alpha value is -1.97. The number of carbonyl (C=O) groups excluding carboxylic acids is 1. The molecular formula is C10H11NO3. The first-order valence-electron chi connectivity index (χ1n) is 3.99. The Bertz CT molecular complexity index is 347. The lowest BCUT2D eigenvalue weighted by atomic mass is 10.3. The van der Waals surface area contributed by atoms with Crippen LogP contribution < -0.4 is 10.5 Å². The van der Waals surface area contributed by atoms with Crippen LogP contribution in [0.2, 0.25) is 0 Å². The van der Waals surface area contributed by atoms with Crippen LogP contribution in [0.5, 0.6) is 5.75 Å². The fourth-order valence-electron chi connectivity index (χ4n) is 0.819. The van der Waals surface area contributed by atoms with Crippen molar-refractivity contribution in [3.05, 3.63) is 36.6 Å². The third kappa shape index (κ3) is 2.82. The summed E-state index contributed by atoms with van der Waals surface area (Å²) >= 11 is 0. The Morgan fingerprint density at radius 3 is 2.79 bits per heavy atom. The summed E-state index contributed by atoms with van der Waals surface area (Å²) < 4.78 is 9.48. The molecule has 2 N–H and O–H groups in total. The highest BCUT2D eigenvalue weighted by atomic mass is 16.5. The summed E-state index contributed by atoms with van der Waals surface area (Å²) in [6.07, 6.45) is 2.41. The molecule has 0 aliphatic carbocycles. The first kappa shape index (κ1) is 10.1. The van der Waals surface area contributed by atoms with Crippen molar-refractivity contribution in [3.63, 3.8) is 0 Å². The van der Waals surface area contributed by atoms with E-state index in [1.165, 1.54) is 19.4 Å². The summed E-state index contributed by atoms with van der Waals surface area (Å²) in [5, 5.41) is 0. The fraction of sp³-hybridized carbons (Fsp3) is 0.100. The van der Waals surface area contributed by atoms with Crippen LogP contribution in [0.25, 0.3) is 0 Å². The molecule has 1 rings (SSSR count). The van der Waals surface area contributed by atoms with E-state index < -0.39 is 5.97 Å². The largest absolute Gasteiger partial charge is 0.466 e.